The van der Waals surface area contributed by atoms with Crippen molar-refractivity contribution in [3.8, 4) is 0 Å². The van der Waals surface area contributed by atoms with E-state index in [2.05, 4.69) is 24.1 Å². The minimum atomic E-state index is -0.496. The summed E-state index contributed by atoms with van der Waals surface area (Å²) in [6, 6.07) is 14.9. The zero-order chi connectivity index (χ0) is 19.0. The summed E-state index contributed by atoms with van der Waals surface area (Å²) in [5.74, 6) is 0.0881. The van der Waals surface area contributed by atoms with Crippen molar-refractivity contribution in [1.29, 1.82) is 0 Å². The van der Waals surface area contributed by atoms with Gasteiger partial charge >= 0.3 is 0 Å². The molecule has 0 radical (unpaired) electrons. The monoisotopic (exact) mass is 361 g/mol. The SMILES string of the molecule is CC(C)CC(C(=O)Nc1ccc2cc[nH]c2c1)N1Cc2ccccc2C1=O. The van der Waals surface area contributed by atoms with E-state index in [1.54, 1.807) is 4.90 Å². The van der Waals surface area contributed by atoms with Gasteiger partial charge in [-0.1, -0.05) is 38.1 Å². The second kappa shape index (κ2) is 6.91. The van der Waals surface area contributed by atoms with E-state index >= 15 is 0 Å². The Morgan fingerprint density at radius 3 is 2.78 bits per heavy atom. The molecule has 0 bridgehead atoms. The Morgan fingerprint density at radius 1 is 1.19 bits per heavy atom. The summed E-state index contributed by atoms with van der Waals surface area (Å²) in [6.45, 7) is 4.62. The number of hydrogen-bond donors (Lipinski definition) is 2. The molecule has 138 valence electrons. The van der Waals surface area contributed by atoms with Crippen LogP contribution in [0.15, 0.2) is 54.7 Å². The summed E-state index contributed by atoms with van der Waals surface area (Å²) in [4.78, 5) is 30.8. The summed E-state index contributed by atoms with van der Waals surface area (Å²) in [7, 11) is 0. The van der Waals surface area contributed by atoms with Gasteiger partial charge in [-0.2, -0.15) is 0 Å². The molecule has 1 aliphatic heterocycles. The fraction of sp³-hybridized carbons (Fsp3) is 0.273. The number of nitrogens with one attached hydrogen (secondary N) is 2. The minimum absolute atomic E-state index is 0.0637. The molecule has 2 aromatic carbocycles. The van der Waals surface area contributed by atoms with Crippen LogP contribution in [-0.2, 0) is 11.3 Å². The van der Waals surface area contributed by atoms with Gasteiger partial charge in [-0.25, -0.2) is 0 Å². The highest BCUT2D eigenvalue weighted by Gasteiger charge is 2.36. The van der Waals surface area contributed by atoms with Crippen LogP contribution in [-0.4, -0.2) is 27.7 Å². The molecule has 3 aromatic rings. The fourth-order valence-electron chi connectivity index (χ4n) is 3.70. The van der Waals surface area contributed by atoms with Gasteiger partial charge in [0.1, 0.15) is 6.04 Å². The number of rotatable bonds is 5. The van der Waals surface area contributed by atoms with Crippen LogP contribution in [0.3, 0.4) is 0 Å². The standard InChI is InChI=1S/C22H23N3O2/c1-14(2)11-20(25-13-16-5-3-4-6-18(16)22(25)27)21(26)24-17-8-7-15-9-10-23-19(15)12-17/h3-10,12,14,20,23H,11,13H2,1-2H3,(H,24,26). The summed E-state index contributed by atoms with van der Waals surface area (Å²) in [5, 5.41) is 4.10. The average Bonchev–Trinajstić information content (AvgIpc) is 3.24. The summed E-state index contributed by atoms with van der Waals surface area (Å²) < 4.78 is 0. The van der Waals surface area contributed by atoms with Crippen LogP contribution in [0.2, 0.25) is 0 Å². The maximum Gasteiger partial charge on any atom is 0.255 e. The normalized spacial score (nSPS) is 14.6. The van der Waals surface area contributed by atoms with E-state index in [9.17, 15) is 9.59 Å². The van der Waals surface area contributed by atoms with Crippen molar-refractivity contribution < 1.29 is 9.59 Å². The first kappa shape index (κ1) is 17.3. The molecule has 1 aromatic heterocycles. The van der Waals surface area contributed by atoms with Gasteiger partial charge in [0, 0.05) is 29.5 Å². The highest BCUT2D eigenvalue weighted by Crippen LogP contribution is 2.27. The molecule has 1 unspecified atom stereocenters. The number of fused-ring (bicyclic) bond motifs is 2. The van der Waals surface area contributed by atoms with Crippen LogP contribution in [0.4, 0.5) is 5.69 Å². The predicted octanol–water partition coefficient (Wildman–Crippen LogP) is 4.18. The van der Waals surface area contributed by atoms with E-state index in [0.29, 0.717) is 24.4 Å². The summed E-state index contributed by atoms with van der Waals surface area (Å²) >= 11 is 0. The second-order valence-corrected chi connectivity index (χ2v) is 7.50. The molecule has 0 saturated heterocycles. The Bertz CT molecular complexity index is 1010. The third kappa shape index (κ3) is 3.33. The van der Waals surface area contributed by atoms with Crippen molar-refractivity contribution in [3.05, 3.63) is 65.9 Å². The first-order chi connectivity index (χ1) is 13.0. The van der Waals surface area contributed by atoms with Crippen molar-refractivity contribution in [2.75, 3.05) is 5.32 Å². The number of aromatic nitrogens is 1. The molecular weight excluding hydrogens is 338 g/mol. The fourth-order valence-corrected chi connectivity index (χ4v) is 3.70. The number of carbonyl (C=O) groups excluding carboxylic acids is 2. The number of H-pyrrole nitrogens is 1. The van der Waals surface area contributed by atoms with Crippen LogP contribution in [0, 0.1) is 5.92 Å². The minimum Gasteiger partial charge on any atom is -0.361 e. The molecule has 5 heteroatoms. The van der Waals surface area contributed by atoms with Crippen molar-refractivity contribution in [1.82, 2.24) is 9.88 Å². The van der Waals surface area contributed by atoms with Gasteiger partial charge in [-0.15, -0.1) is 0 Å². The third-order valence-corrected chi connectivity index (χ3v) is 5.05. The van der Waals surface area contributed by atoms with Crippen molar-refractivity contribution >= 4 is 28.4 Å². The van der Waals surface area contributed by atoms with Gasteiger partial charge in [0.2, 0.25) is 5.91 Å². The first-order valence-electron chi connectivity index (χ1n) is 9.30. The molecule has 0 spiro atoms. The molecule has 5 nitrogen and oxygen atoms in total. The third-order valence-electron chi connectivity index (χ3n) is 5.05. The molecule has 0 aliphatic carbocycles. The largest absolute Gasteiger partial charge is 0.361 e. The number of carbonyl (C=O) groups is 2. The van der Waals surface area contributed by atoms with Crippen molar-refractivity contribution in [2.45, 2.75) is 32.9 Å². The number of benzene rings is 2. The van der Waals surface area contributed by atoms with Crippen LogP contribution in [0.1, 0.15) is 36.2 Å². The first-order valence-corrected chi connectivity index (χ1v) is 9.30. The molecule has 1 aliphatic rings. The number of hydrogen-bond acceptors (Lipinski definition) is 2. The quantitative estimate of drug-likeness (QED) is 0.716. The Balaban J connectivity index is 1.58. The van der Waals surface area contributed by atoms with E-state index in [1.807, 2.05) is 54.7 Å². The van der Waals surface area contributed by atoms with Crippen molar-refractivity contribution in [2.24, 2.45) is 5.92 Å². The average molecular weight is 361 g/mol. The zero-order valence-corrected chi connectivity index (χ0v) is 15.5. The van der Waals surface area contributed by atoms with Crippen LogP contribution in [0.25, 0.3) is 10.9 Å². The molecule has 2 amide bonds. The highest BCUT2D eigenvalue weighted by molar-refractivity contribution is 6.04. The molecule has 0 saturated carbocycles. The Morgan fingerprint density at radius 2 is 2.00 bits per heavy atom. The van der Waals surface area contributed by atoms with Crippen molar-refractivity contribution in [3.63, 3.8) is 0 Å². The highest BCUT2D eigenvalue weighted by atomic mass is 16.2. The van der Waals surface area contributed by atoms with Crippen LogP contribution >= 0.6 is 0 Å². The summed E-state index contributed by atoms with van der Waals surface area (Å²) in [6.07, 6.45) is 2.49. The molecule has 1 atom stereocenters. The molecule has 2 heterocycles. The molecular formula is C22H23N3O2. The number of amides is 2. The molecule has 4 rings (SSSR count). The number of aromatic amines is 1. The lowest BCUT2D eigenvalue weighted by atomic mass is 10.0. The number of anilines is 1. The smallest absolute Gasteiger partial charge is 0.255 e. The second-order valence-electron chi connectivity index (χ2n) is 7.50. The van der Waals surface area contributed by atoms with E-state index in [1.165, 1.54) is 0 Å². The molecule has 2 N–H and O–H groups in total. The Hall–Kier alpha value is -3.08. The van der Waals surface area contributed by atoms with Crippen LogP contribution in [0.5, 0.6) is 0 Å². The molecule has 0 fully saturated rings. The van der Waals surface area contributed by atoms with E-state index in [-0.39, 0.29) is 11.8 Å². The lowest BCUT2D eigenvalue weighted by Crippen LogP contribution is -2.45. The maximum absolute atomic E-state index is 13.1. The van der Waals surface area contributed by atoms with Gasteiger partial charge in [-0.3, -0.25) is 9.59 Å². The van der Waals surface area contributed by atoms with Crippen LogP contribution < -0.4 is 5.32 Å². The van der Waals surface area contributed by atoms with Gasteiger partial charge in [0.15, 0.2) is 0 Å². The number of nitrogens with zero attached hydrogens (tertiary/aromatic N) is 1. The molecule has 27 heavy (non-hydrogen) atoms. The lowest BCUT2D eigenvalue weighted by molar-refractivity contribution is -0.121. The van der Waals surface area contributed by atoms with Gasteiger partial charge in [0.25, 0.3) is 5.91 Å². The zero-order valence-electron chi connectivity index (χ0n) is 15.5. The van der Waals surface area contributed by atoms with Gasteiger partial charge < -0.3 is 15.2 Å². The Kier molecular flexibility index (Phi) is 4.44. The van der Waals surface area contributed by atoms with E-state index in [4.69, 9.17) is 0 Å². The summed E-state index contributed by atoms with van der Waals surface area (Å²) in [5.41, 5.74) is 3.38. The maximum atomic E-state index is 13.1. The topological polar surface area (TPSA) is 65.2 Å². The predicted molar refractivity (Wildman–Crippen MR) is 106 cm³/mol. The lowest BCUT2D eigenvalue weighted by Gasteiger charge is -2.28. The van der Waals surface area contributed by atoms with E-state index < -0.39 is 6.04 Å². The van der Waals surface area contributed by atoms with Gasteiger partial charge in [0.05, 0.1) is 0 Å². The van der Waals surface area contributed by atoms with Gasteiger partial charge in [-0.05, 0) is 47.6 Å². The Labute approximate surface area is 158 Å². The van der Waals surface area contributed by atoms with E-state index in [0.717, 1.165) is 22.2 Å².